The molecule has 3 rings (SSSR count). The first-order valence-electron chi connectivity index (χ1n) is 8.07. The lowest BCUT2D eigenvalue weighted by molar-refractivity contribution is -0.119. The Morgan fingerprint density at radius 1 is 1.15 bits per heavy atom. The van der Waals surface area contributed by atoms with Crippen molar-refractivity contribution in [3.63, 3.8) is 0 Å². The number of anilines is 1. The highest BCUT2D eigenvalue weighted by Crippen LogP contribution is 2.28. The summed E-state index contributed by atoms with van der Waals surface area (Å²) >= 11 is 1.23. The van der Waals surface area contributed by atoms with Crippen LogP contribution in [-0.2, 0) is 9.53 Å². The van der Waals surface area contributed by atoms with E-state index >= 15 is 0 Å². The quantitative estimate of drug-likeness (QED) is 0.683. The van der Waals surface area contributed by atoms with Gasteiger partial charge in [0.05, 0.1) is 22.3 Å². The van der Waals surface area contributed by atoms with Crippen molar-refractivity contribution >= 4 is 28.9 Å². The lowest BCUT2D eigenvalue weighted by Gasteiger charge is -2.07. The number of ether oxygens (including phenoxy) is 1. The van der Waals surface area contributed by atoms with Crippen molar-refractivity contribution in [2.24, 2.45) is 0 Å². The van der Waals surface area contributed by atoms with E-state index in [0.29, 0.717) is 21.8 Å². The first-order chi connectivity index (χ1) is 13.1. The number of carbonyl (C=O) groups is 2. The van der Waals surface area contributed by atoms with E-state index in [-0.39, 0.29) is 0 Å². The van der Waals surface area contributed by atoms with Crippen LogP contribution in [0.5, 0.6) is 0 Å². The van der Waals surface area contributed by atoms with Crippen LogP contribution >= 0.6 is 11.3 Å². The molecule has 1 aromatic heterocycles. The molecule has 0 spiro atoms. The van der Waals surface area contributed by atoms with Crippen LogP contribution in [0.3, 0.4) is 0 Å². The molecule has 0 aliphatic heterocycles. The maximum atomic E-state index is 12.4. The molecule has 0 saturated heterocycles. The van der Waals surface area contributed by atoms with Crippen LogP contribution < -0.4 is 5.32 Å². The second kappa shape index (κ2) is 8.25. The Kier molecular flexibility index (Phi) is 5.59. The number of nitrogens with one attached hydrogen (secondary N) is 1. The summed E-state index contributed by atoms with van der Waals surface area (Å²) in [6.07, 6.45) is 0. The van der Waals surface area contributed by atoms with Gasteiger partial charge in [0, 0.05) is 11.3 Å². The number of esters is 1. The maximum Gasteiger partial charge on any atom is 0.351 e. The molecule has 0 atom stereocenters. The second-order valence-electron chi connectivity index (χ2n) is 5.59. The van der Waals surface area contributed by atoms with Crippen LogP contribution in [0, 0.1) is 18.3 Å². The summed E-state index contributed by atoms with van der Waals surface area (Å²) in [6, 6.07) is 17.7. The van der Waals surface area contributed by atoms with Crippen molar-refractivity contribution in [1.29, 1.82) is 5.26 Å². The summed E-state index contributed by atoms with van der Waals surface area (Å²) in [5.74, 6) is -1.05. The van der Waals surface area contributed by atoms with E-state index in [9.17, 15) is 9.59 Å². The monoisotopic (exact) mass is 377 g/mol. The Bertz CT molecular complexity index is 1010. The number of nitrogens with zero attached hydrogens (tertiary/aromatic N) is 2. The third-order valence-electron chi connectivity index (χ3n) is 3.60. The normalized spacial score (nSPS) is 10.1. The lowest BCUT2D eigenvalue weighted by atomic mass is 10.1. The fourth-order valence-corrected chi connectivity index (χ4v) is 3.21. The van der Waals surface area contributed by atoms with E-state index in [1.54, 1.807) is 24.3 Å². The zero-order valence-electron chi connectivity index (χ0n) is 14.4. The van der Waals surface area contributed by atoms with Gasteiger partial charge >= 0.3 is 5.97 Å². The molecule has 0 bridgehead atoms. The molecule has 0 aliphatic rings. The number of carbonyl (C=O) groups excluding carboxylic acids is 2. The molecular weight excluding hydrogens is 362 g/mol. The molecule has 1 N–H and O–H groups in total. The van der Waals surface area contributed by atoms with E-state index < -0.39 is 18.5 Å². The van der Waals surface area contributed by atoms with Gasteiger partial charge in [-0.15, -0.1) is 11.3 Å². The molecule has 0 fully saturated rings. The smallest absolute Gasteiger partial charge is 0.351 e. The highest BCUT2D eigenvalue weighted by molar-refractivity contribution is 7.14. The second-order valence-corrected chi connectivity index (χ2v) is 6.79. The minimum atomic E-state index is -0.588. The Morgan fingerprint density at radius 2 is 1.85 bits per heavy atom. The summed E-state index contributed by atoms with van der Waals surface area (Å²) in [5, 5.41) is 12.1. The average molecular weight is 377 g/mol. The van der Waals surface area contributed by atoms with Crippen molar-refractivity contribution in [2.75, 3.05) is 11.9 Å². The van der Waals surface area contributed by atoms with Crippen LogP contribution in [-0.4, -0.2) is 23.5 Å². The SMILES string of the molecule is Cc1nc(-c2ccccc2)c(C(=O)OCC(=O)Nc2ccc(C#N)cc2)s1. The molecule has 0 aliphatic carbocycles. The summed E-state index contributed by atoms with van der Waals surface area (Å²) < 4.78 is 5.15. The molecule has 6 nitrogen and oxygen atoms in total. The Hall–Kier alpha value is -3.50. The van der Waals surface area contributed by atoms with Crippen LogP contribution in [0.1, 0.15) is 20.2 Å². The molecular formula is C20H15N3O3S. The van der Waals surface area contributed by atoms with Gasteiger partial charge in [-0.1, -0.05) is 30.3 Å². The third-order valence-corrected chi connectivity index (χ3v) is 4.55. The number of rotatable bonds is 5. The van der Waals surface area contributed by atoms with E-state index in [0.717, 1.165) is 10.6 Å². The number of benzene rings is 2. The predicted molar refractivity (Wildman–Crippen MR) is 102 cm³/mol. The molecule has 27 heavy (non-hydrogen) atoms. The maximum absolute atomic E-state index is 12.4. The van der Waals surface area contributed by atoms with E-state index in [1.165, 1.54) is 11.3 Å². The van der Waals surface area contributed by atoms with Crippen molar-refractivity contribution in [2.45, 2.75) is 6.92 Å². The number of hydrogen-bond acceptors (Lipinski definition) is 6. The van der Waals surface area contributed by atoms with Crippen molar-refractivity contribution in [3.8, 4) is 17.3 Å². The first kappa shape index (κ1) is 18.3. The molecule has 1 heterocycles. The first-order valence-corrected chi connectivity index (χ1v) is 8.88. The van der Waals surface area contributed by atoms with Gasteiger partial charge in [-0.25, -0.2) is 9.78 Å². The van der Waals surface area contributed by atoms with Gasteiger partial charge in [0.15, 0.2) is 6.61 Å². The standard InChI is InChI=1S/C20H15N3O3S/c1-13-22-18(15-5-3-2-4-6-15)19(27-13)20(25)26-12-17(24)23-16-9-7-14(11-21)8-10-16/h2-10H,12H2,1H3,(H,23,24). The van der Waals surface area contributed by atoms with Gasteiger partial charge in [0.2, 0.25) is 0 Å². The summed E-state index contributed by atoms with van der Waals surface area (Å²) in [5.41, 5.74) is 2.38. The molecule has 7 heteroatoms. The molecule has 134 valence electrons. The zero-order chi connectivity index (χ0) is 19.2. The molecule has 0 radical (unpaired) electrons. The summed E-state index contributed by atoms with van der Waals surface area (Å²) in [6.45, 7) is 1.40. The lowest BCUT2D eigenvalue weighted by Crippen LogP contribution is -2.20. The third kappa shape index (κ3) is 4.57. The Morgan fingerprint density at radius 3 is 2.52 bits per heavy atom. The van der Waals surface area contributed by atoms with E-state index in [2.05, 4.69) is 10.3 Å². The fourth-order valence-electron chi connectivity index (χ4n) is 2.38. The van der Waals surface area contributed by atoms with Crippen LogP contribution in [0.2, 0.25) is 0 Å². The minimum absolute atomic E-state index is 0.366. The predicted octanol–water partition coefficient (Wildman–Crippen LogP) is 3.79. The van der Waals surface area contributed by atoms with Gasteiger partial charge in [0.1, 0.15) is 4.88 Å². The zero-order valence-corrected chi connectivity index (χ0v) is 15.2. The van der Waals surface area contributed by atoms with Gasteiger partial charge in [-0.2, -0.15) is 5.26 Å². The molecule has 2 aromatic carbocycles. The van der Waals surface area contributed by atoms with Gasteiger partial charge in [-0.3, -0.25) is 4.79 Å². The number of hydrogen-bond donors (Lipinski definition) is 1. The highest BCUT2D eigenvalue weighted by atomic mass is 32.1. The van der Waals surface area contributed by atoms with Gasteiger partial charge in [0.25, 0.3) is 5.91 Å². The molecule has 0 saturated carbocycles. The van der Waals surface area contributed by atoms with Crippen LogP contribution in [0.15, 0.2) is 54.6 Å². The van der Waals surface area contributed by atoms with Crippen LogP contribution in [0.25, 0.3) is 11.3 Å². The number of nitriles is 1. The number of thiazole rings is 1. The summed E-state index contributed by atoms with van der Waals surface area (Å²) in [7, 11) is 0. The van der Waals surface area contributed by atoms with Crippen LogP contribution in [0.4, 0.5) is 5.69 Å². The van der Waals surface area contributed by atoms with Crippen molar-refractivity contribution < 1.29 is 14.3 Å². The highest BCUT2D eigenvalue weighted by Gasteiger charge is 2.20. The van der Waals surface area contributed by atoms with Crippen molar-refractivity contribution in [3.05, 3.63) is 70.0 Å². The topological polar surface area (TPSA) is 92.1 Å². The Balaban J connectivity index is 1.64. The molecule has 3 aromatic rings. The number of aryl methyl sites for hydroxylation is 1. The van der Waals surface area contributed by atoms with Crippen molar-refractivity contribution in [1.82, 2.24) is 4.98 Å². The molecule has 0 unspecified atom stereocenters. The number of aromatic nitrogens is 1. The van der Waals surface area contributed by atoms with Gasteiger partial charge in [-0.05, 0) is 31.2 Å². The van der Waals surface area contributed by atoms with E-state index in [1.807, 2.05) is 43.3 Å². The Labute approximate surface area is 160 Å². The molecule has 1 amide bonds. The van der Waals surface area contributed by atoms with E-state index in [4.69, 9.17) is 10.00 Å². The summed E-state index contributed by atoms with van der Waals surface area (Å²) in [4.78, 5) is 29.2. The van der Waals surface area contributed by atoms with Gasteiger partial charge < -0.3 is 10.1 Å². The number of amides is 1. The minimum Gasteiger partial charge on any atom is -0.451 e. The fraction of sp³-hybridized carbons (Fsp3) is 0.100. The average Bonchev–Trinajstić information content (AvgIpc) is 3.09. The largest absolute Gasteiger partial charge is 0.451 e.